The monoisotopic (exact) mass is 643 g/mol. The van der Waals surface area contributed by atoms with E-state index in [2.05, 4.69) is 37.2 Å². The Kier molecular flexibility index (Phi) is 7.69. The van der Waals surface area contributed by atoms with Crippen LogP contribution in [0.15, 0.2) is 75.2 Å². The third-order valence-electron chi connectivity index (χ3n) is 5.27. The number of esters is 1. The number of imide groups is 2. The van der Waals surface area contributed by atoms with E-state index >= 15 is 0 Å². The number of benzene rings is 3. The molecule has 0 unspecified atom stereocenters. The fraction of sp³-hybridized carbons (Fsp3) is 0.0400. The van der Waals surface area contributed by atoms with Gasteiger partial charge in [-0.15, -0.1) is 0 Å². The Labute approximate surface area is 231 Å². The third kappa shape index (κ3) is 5.33. The highest BCUT2D eigenvalue weighted by molar-refractivity contribution is 9.11. The Morgan fingerprint density at radius 1 is 1.05 bits per heavy atom. The van der Waals surface area contributed by atoms with Crippen LogP contribution in [0.25, 0.3) is 6.08 Å². The number of nitrogens with zero attached hydrogens (tertiary/aromatic N) is 2. The number of halogens is 2. The van der Waals surface area contributed by atoms with Gasteiger partial charge < -0.3 is 9.47 Å². The Balaban J connectivity index is 1.74. The first-order valence-corrected chi connectivity index (χ1v) is 12.2. The van der Waals surface area contributed by atoms with E-state index in [1.807, 2.05) is 0 Å². The van der Waals surface area contributed by atoms with Crippen LogP contribution in [-0.4, -0.2) is 35.8 Å². The summed E-state index contributed by atoms with van der Waals surface area (Å²) in [5, 5.41) is 13.0. The minimum Gasteiger partial charge on any atom is -0.495 e. The van der Waals surface area contributed by atoms with Gasteiger partial charge in [-0.05, 0) is 58.4 Å². The van der Waals surface area contributed by atoms with Crippen LogP contribution in [0.1, 0.15) is 15.9 Å². The van der Waals surface area contributed by atoms with Gasteiger partial charge in [0, 0.05) is 22.2 Å². The highest BCUT2D eigenvalue weighted by Crippen LogP contribution is 2.36. The third-order valence-corrected chi connectivity index (χ3v) is 6.32. The number of amides is 4. The van der Waals surface area contributed by atoms with E-state index in [9.17, 15) is 29.3 Å². The summed E-state index contributed by atoms with van der Waals surface area (Å²) in [6, 6.07) is 13.2. The Morgan fingerprint density at radius 2 is 1.74 bits per heavy atom. The molecule has 1 fully saturated rings. The van der Waals surface area contributed by atoms with Gasteiger partial charge in [-0.2, -0.15) is 0 Å². The second-order valence-corrected chi connectivity index (χ2v) is 9.40. The van der Waals surface area contributed by atoms with Gasteiger partial charge in [-0.1, -0.05) is 28.1 Å². The van der Waals surface area contributed by atoms with Crippen molar-refractivity contribution in [3.8, 4) is 11.5 Å². The van der Waals surface area contributed by atoms with Gasteiger partial charge >= 0.3 is 12.0 Å². The fourth-order valence-corrected chi connectivity index (χ4v) is 4.85. The molecule has 1 aliphatic rings. The van der Waals surface area contributed by atoms with Crippen LogP contribution in [-0.2, 0) is 9.59 Å². The van der Waals surface area contributed by atoms with Crippen LogP contribution in [0.4, 0.5) is 16.2 Å². The molecule has 192 valence electrons. The van der Waals surface area contributed by atoms with Crippen molar-refractivity contribution in [1.82, 2.24) is 5.32 Å². The normalized spacial score (nSPS) is 14.3. The van der Waals surface area contributed by atoms with Crippen molar-refractivity contribution in [1.29, 1.82) is 0 Å². The predicted octanol–water partition coefficient (Wildman–Crippen LogP) is 5.01. The minimum absolute atomic E-state index is 0.0310. The lowest BCUT2D eigenvalue weighted by atomic mass is 10.1. The quantitative estimate of drug-likeness (QED) is 0.0984. The number of non-ortho nitro benzene ring substituents is 1. The van der Waals surface area contributed by atoms with Crippen LogP contribution in [0.5, 0.6) is 11.5 Å². The zero-order valence-corrected chi connectivity index (χ0v) is 22.4. The number of anilines is 1. The van der Waals surface area contributed by atoms with Crippen LogP contribution >= 0.6 is 31.9 Å². The molecule has 4 amide bonds. The average Bonchev–Trinajstić information content (AvgIpc) is 2.88. The Morgan fingerprint density at radius 3 is 2.39 bits per heavy atom. The van der Waals surface area contributed by atoms with E-state index in [1.165, 1.54) is 37.5 Å². The van der Waals surface area contributed by atoms with Gasteiger partial charge in [-0.3, -0.25) is 25.0 Å². The first-order valence-electron chi connectivity index (χ1n) is 10.6. The molecule has 0 bridgehead atoms. The molecule has 0 radical (unpaired) electrons. The smallest absolute Gasteiger partial charge is 0.343 e. The molecular formula is C25H15Br2N3O8. The zero-order chi connectivity index (χ0) is 27.6. The van der Waals surface area contributed by atoms with Crippen molar-refractivity contribution in [3.63, 3.8) is 0 Å². The number of methoxy groups -OCH3 is 1. The molecule has 11 nitrogen and oxygen atoms in total. The number of rotatable bonds is 6. The van der Waals surface area contributed by atoms with Gasteiger partial charge in [0.15, 0.2) is 5.75 Å². The summed E-state index contributed by atoms with van der Waals surface area (Å²) in [5.41, 5.74) is -0.310. The molecule has 38 heavy (non-hydrogen) atoms. The number of barbiturate groups is 1. The molecule has 0 saturated carbocycles. The summed E-state index contributed by atoms with van der Waals surface area (Å²) < 4.78 is 11.6. The molecular weight excluding hydrogens is 630 g/mol. The van der Waals surface area contributed by atoms with Crippen molar-refractivity contribution in [2.75, 3.05) is 12.0 Å². The van der Waals surface area contributed by atoms with Gasteiger partial charge in [0.25, 0.3) is 17.5 Å². The molecule has 3 aromatic rings. The summed E-state index contributed by atoms with van der Waals surface area (Å²) >= 11 is 6.63. The van der Waals surface area contributed by atoms with Crippen molar-refractivity contribution in [2.24, 2.45) is 0 Å². The maximum atomic E-state index is 13.4. The molecule has 1 N–H and O–H groups in total. The van der Waals surface area contributed by atoms with E-state index in [0.29, 0.717) is 8.95 Å². The second-order valence-electron chi connectivity index (χ2n) is 7.63. The Bertz CT molecular complexity index is 1540. The van der Waals surface area contributed by atoms with Crippen LogP contribution < -0.4 is 19.7 Å². The summed E-state index contributed by atoms with van der Waals surface area (Å²) in [6.07, 6.45) is 1.18. The fourth-order valence-electron chi connectivity index (χ4n) is 3.51. The van der Waals surface area contributed by atoms with Crippen molar-refractivity contribution < 1.29 is 33.6 Å². The lowest BCUT2D eigenvalue weighted by molar-refractivity contribution is -0.384. The standard InChI is InChI=1S/C25H15Br2N3O8/c1-37-20-5-3-2-4-19(20)29-23(32)17(22(31)28-25(29)34)11-14-10-15(26)12-18(27)21(14)38-24(33)13-6-8-16(9-7-13)30(35)36/h2-12H,1H3,(H,28,31,34)/b17-11-. The van der Waals surface area contributed by atoms with Crippen LogP contribution in [0.3, 0.4) is 0 Å². The molecule has 1 heterocycles. The number of para-hydroxylation sites is 2. The minimum atomic E-state index is -0.957. The molecule has 4 rings (SSSR count). The van der Waals surface area contributed by atoms with E-state index in [4.69, 9.17) is 9.47 Å². The van der Waals surface area contributed by atoms with Gasteiger partial charge in [-0.25, -0.2) is 14.5 Å². The maximum absolute atomic E-state index is 13.4. The molecule has 1 saturated heterocycles. The lowest BCUT2D eigenvalue weighted by Gasteiger charge is -2.27. The molecule has 0 aromatic heterocycles. The molecule has 0 atom stereocenters. The molecule has 1 aliphatic heterocycles. The zero-order valence-electron chi connectivity index (χ0n) is 19.3. The van der Waals surface area contributed by atoms with Crippen LogP contribution in [0, 0.1) is 10.1 Å². The number of hydrogen-bond donors (Lipinski definition) is 1. The number of carbonyl (C=O) groups is 4. The first kappa shape index (κ1) is 26.7. The number of urea groups is 1. The summed E-state index contributed by atoms with van der Waals surface area (Å²) in [4.78, 5) is 62.5. The summed E-state index contributed by atoms with van der Waals surface area (Å²) in [6.45, 7) is 0. The Hall–Kier alpha value is -4.36. The number of ether oxygens (including phenoxy) is 2. The topological polar surface area (TPSA) is 145 Å². The van der Waals surface area contributed by atoms with E-state index < -0.39 is 34.3 Å². The molecule has 0 spiro atoms. The number of nitrogens with one attached hydrogen (secondary N) is 1. The predicted molar refractivity (Wildman–Crippen MR) is 142 cm³/mol. The average molecular weight is 645 g/mol. The SMILES string of the molecule is COc1ccccc1N1C(=O)NC(=O)/C(=C/c2cc(Br)cc(Br)c2OC(=O)c2ccc([N+](=O)[O-])cc2)C1=O. The van der Waals surface area contributed by atoms with Gasteiger partial charge in [0.1, 0.15) is 11.3 Å². The van der Waals surface area contributed by atoms with Crippen molar-refractivity contribution in [2.45, 2.75) is 0 Å². The highest BCUT2D eigenvalue weighted by Gasteiger charge is 2.38. The number of hydrogen-bond acceptors (Lipinski definition) is 8. The number of nitro groups is 1. The second kappa shape index (κ2) is 10.9. The van der Waals surface area contributed by atoms with E-state index in [0.717, 1.165) is 17.0 Å². The van der Waals surface area contributed by atoms with Gasteiger partial charge in [0.05, 0.1) is 27.8 Å². The number of carbonyl (C=O) groups excluding carboxylic acids is 4. The summed E-state index contributed by atoms with van der Waals surface area (Å²) in [7, 11) is 1.37. The number of nitro benzene ring substituents is 1. The van der Waals surface area contributed by atoms with Crippen molar-refractivity contribution in [3.05, 3.63) is 96.4 Å². The van der Waals surface area contributed by atoms with Gasteiger partial charge in [0.2, 0.25) is 0 Å². The first-order chi connectivity index (χ1) is 18.1. The van der Waals surface area contributed by atoms with E-state index in [1.54, 1.807) is 24.3 Å². The van der Waals surface area contributed by atoms with E-state index in [-0.39, 0.29) is 34.0 Å². The van der Waals surface area contributed by atoms with Crippen molar-refractivity contribution >= 4 is 73.1 Å². The maximum Gasteiger partial charge on any atom is 0.343 e. The largest absolute Gasteiger partial charge is 0.495 e. The molecule has 0 aliphatic carbocycles. The molecule has 3 aromatic carbocycles. The highest BCUT2D eigenvalue weighted by atomic mass is 79.9. The lowest BCUT2D eigenvalue weighted by Crippen LogP contribution is -2.54. The van der Waals surface area contributed by atoms with Crippen LogP contribution in [0.2, 0.25) is 0 Å². The molecule has 13 heteroatoms. The summed E-state index contributed by atoms with van der Waals surface area (Å²) in [5.74, 6) is -2.52.